The number of fused-ring (bicyclic) bond motifs is 1. The van der Waals surface area contributed by atoms with E-state index in [-0.39, 0.29) is 23.8 Å². The molecule has 2 rings (SSSR count). The van der Waals surface area contributed by atoms with Crippen molar-refractivity contribution >= 4 is 21.8 Å². The third-order valence-electron chi connectivity index (χ3n) is 3.62. The summed E-state index contributed by atoms with van der Waals surface area (Å²) in [4.78, 5) is 16.2. The smallest absolute Gasteiger partial charge is 0.263 e. The minimum absolute atomic E-state index is 0.0556. The van der Waals surface area contributed by atoms with Gasteiger partial charge in [-0.1, -0.05) is 38.3 Å². The number of rotatable bonds is 8. The fourth-order valence-electron chi connectivity index (χ4n) is 2.39. The SMILES string of the molecule is CCCCCCNC(=O)CCN=C1NS(=O)(=O)c2ccccc21. The van der Waals surface area contributed by atoms with E-state index in [9.17, 15) is 13.2 Å². The third kappa shape index (κ3) is 4.79. The molecule has 0 atom stereocenters. The van der Waals surface area contributed by atoms with Gasteiger partial charge in [-0.25, -0.2) is 8.42 Å². The van der Waals surface area contributed by atoms with Crippen LogP contribution in [0.1, 0.15) is 44.6 Å². The van der Waals surface area contributed by atoms with Crippen molar-refractivity contribution in [1.82, 2.24) is 10.0 Å². The number of benzene rings is 1. The van der Waals surface area contributed by atoms with Crippen molar-refractivity contribution < 1.29 is 13.2 Å². The standard InChI is InChI=1S/C16H23N3O3S/c1-2-3-4-7-11-17-15(20)10-12-18-16-13-8-5-6-9-14(13)23(21,22)19-16/h5-6,8-9H,2-4,7,10-12H2,1H3,(H,17,20)(H,18,19). The van der Waals surface area contributed by atoms with Crippen LogP contribution in [-0.2, 0) is 14.8 Å². The van der Waals surface area contributed by atoms with Crippen molar-refractivity contribution in [3.63, 3.8) is 0 Å². The van der Waals surface area contributed by atoms with Crippen LogP contribution in [0.3, 0.4) is 0 Å². The molecule has 1 aromatic carbocycles. The number of unbranched alkanes of at least 4 members (excludes halogenated alkanes) is 3. The normalized spacial score (nSPS) is 16.8. The lowest BCUT2D eigenvalue weighted by Gasteiger charge is -2.04. The molecule has 0 bridgehead atoms. The molecule has 0 radical (unpaired) electrons. The number of carbonyl (C=O) groups is 1. The second kappa shape index (κ2) is 8.10. The lowest BCUT2D eigenvalue weighted by Crippen LogP contribution is -2.26. The largest absolute Gasteiger partial charge is 0.356 e. The highest BCUT2D eigenvalue weighted by Crippen LogP contribution is 2.22. The molecule has 1 aliphatic heterocycles. The molecule has 0 spiro atoms. The molecular weight excluding hydrogens is 314 g/mol. The molecule has 0 aliphatic carbocycles. The van der Waals surface area contributed by atoms with Gasteiger partial charge >= 0.3 is 0 Å². The first-order valence-corrected chi connectivity index (χ1v) is 9.46. The fraction of sp³-hybridized carbons (Fsp3) is 0.500. The third-order valence-corrected chi connectivity index (χ3v) is 5.02. The van der Waals surface area contributed by atoms with E-state index in [0.29, 0.717) is 17.9 Å². The van der Waals surface area contributed by atoms with Crippen LogP contribution >= 0.6 is 0 Å². The Morgan fingerprint density at radius 1 is 1.22 bits per heavy atom. The summed E-state index contributed by atoms with van der Waals surface area (Å²) in [5.74, 6) is 0.260. The molecule has 6 nitrogen and oxygen atoms in total. The Hall–Kier alpha value is -1.89. The van der Waals surface area contributed by atoms with Crippen LogP contribution in [0.25, 0.3) is 0 Å². The molecule has 0 aromatic heterocycles. The molecule has 0 saturated carbocycles. The lowest BCUT2D eigenvalue weighted by molar-refractivity contribution is -0.120. The molecule has 1 aliphatic rings. The molecule has 0 unspecified atom stereocenters. The van der Waals surface area contributed by atoms with Crippen LogP contribution in [0.5, 0.6) is 0 Å². The Balaban J connectivity index is 1.82. The number of hydrogen-bond acceptors (Lipinski definition) is 4. The summed E-state index contributed by atoms with van der Waals surface area (Å²) in [7, 11) is -3.51. The maximum Gasteiger partial charge on any atom is 0.263 e. The minimum atomic E-state index is -3.51. The molecular formula is C16H23N3O3S. The van der Waals surface area contributed by atoms with Crippen molar-refractivity contribution in [2.24, 2.45) is 4.99 Å². The Morgan fingerprint density at radius 3 is 2.78 bits per heavy atom. The van der Waals surface area contributed by atoms with E-state index in [1.165, 1.54) is 12.8 Å². The Morgan fingerprint density at radius 2 is 2.00 bits per heavy atom. The Labute approximate surface area is 137 Å². The van der Waals surface area contributed by atoms with Gasteiger partial charge in [-0.3, -0.25) is 14.5 Å². The van der Waals surface area contributed by atoms with Gasteiger partial charge in [0.25, 0.3) is 10.0 Å². The van der Waals surface area contributed by atoms with Crippen LogP contribution in [0.4, 0.5) is 0 Å². The first kappa shape index (κ1) is 17.5. The van der Waals surface area contributed by atoms with Gasteiger partial charge in [0.15, 0.2) is 0 Å². The molecule has 23 heavy (non-hydrogen) atoms. The van der Waals surface area contributed by atoms with Crippen LogP contribution in [0.15, 0.2) is 34.2 Å². The molecule has 0 fully saturated rings. The van der Waals surface area contributed by atoms with Crippen molar-refractivity contribution in [2.45, 2.75) is 43.9 Å². The van der Waals surface area contributed by atoms with E-state index in [4.69, 9.17) is 0 Å². The molecule has 1 heterocycles. The molecule has 7 heteroatoms. The highest BCUT2D eigenvalue weighted by molar-refractivity contribution is 7.90. The zero-order chi connectivity index (χ0) is 16.7. The van der Waals surface area contributed by atoms with Gasteiger partial charge in [-0.2, -0.15) is 0 Å². The van der Waals surface area contributed by atoms with E-state index >= 15 is 0 Å². The van der Waals surface area contributed by atoms with Gasteiger partial charge in [-0.05, 0) is 18.6 Å². The number of nitrogens with one attached hydrogen (secondary N) is 2. The summed E-state index contributed by atoms with van der Waals surface area (Å²) in [5.41, 5.74) is 0.562. The predicted octanol–water partition coefficient (Wildman–Crippen LogP) is 1.81. The number of amidine groups is 1. The lowest BCUT2D eigenvalue weighted by atomic mass is 10.2. The van der Waals surface area contributed by atoms with E-state index < -0.39 is 10.0 Å². The topological polar surface area (TPSA) is 87.6 Å². The van der Waals surface area contributed by atoms with E-state index in [0.717, 1.165) is 12.8 Å². The van der Waals surface area contributed by atoms with Gasteiger partial charge in [-0.15, -0.1) is 0 Å². The minimum Gasteiger partial charge on any atom is -0.356 e. The summed E-state index contributed by atoms with van der Waals surface area (Å²) in [6.07, 6.45) is 4.71. The van der Waals surface area contributed by atoms with E-state index in [1.54, 1.807) is 24.3 Å². The van der Waals surface area contributed by atoms with Gasteiger partial charge < -0.3 is 5.32 Å². The summed E-state index contributed by atoms with van der Waals surface area (Å²) in [5, 5.41) is 2.86. The van der Waals surface area contributed by atoms with E-state index in [2.05, 4.69) is 22.0 Å². The quantitative estimate of drug-likeness (QED) is 0.709. The number of amides is 1. The molecule has 1 amide bonds. The molecule has 126 valence electrons. The average Bonchev–Trinajstić information content (AvgIpc) is 2.79. The van der Waals surface area contributed by atoms with Crippen molar-refractivity contribution in [1.29, 1.82) is 0 Å². The summed E-state index contributed by atoms with van der Waals surface area (Å²) >= 11 is 0. The maximum absolute atomic E-state index is 11.9. The molecule has 1 aromatic rings. The molecule has 0 saturated heterocycles. The zero-order valence-electron chi connectivity index (χ0n) is 13.3. The molecule has 2 N–H and O–H groups in total. The summed E-state index contributed by atoms with van der Waals surface area (Å²) in [6.45, 7) is 3.09. The van der Waals surface area contributed by atoms with Gasteiger partial charge in [0.2, 0.25) is 5.91 Å². The second-order valence-corrected chi connectivity index (χ2v) is 7.14. The van der Waals surface area contributed by atoms with Gasteiger partial charge in [0, 0.05) is 18.5 Å². The highest BCUT2D eigenvalue weighted by Gasteiger charge is 2.29. The predicted molar refractivity (Wildman–Crippen MR) is 89.9 cm³/mol. The monoisotopic (exact) mass is 337 g/mol. The summed E-state index contributed by atoms with van der Waals surface area (Å²) in [6, 6.07) is 6.69. The van der Waals surface area contributed by atoms with E-state index in [1.807, 2.05) is 0 Å². The highest BCUT2D eigenvalue weighted by atomic mass is 32.2. The van der Waals surface area contributed by atoms with Crippen molar-refractivity contribution in [3.8, 4) is 0 Å². The number of sulfonamides is 1. The van der Waals surface area contributed by atoms with Crippen LogP contribution in [0, 0.1) is 0 Å². The fourth-order valence-corrected chi connectivity index (χ4v) is 3.64. The van der Waals surface area contributed by atoms with Gasteiger partial charge in [0.05, 0.1) is 11.4 Å². The Kier molecular flexibility index (Phi) is 6.15. The zero-order valence-corrected chi connectivity index (χ0v) is 14.2. The van der Waals surface area contributed by atoms with Crippen molar-refractivity contribution in [3.05, 3.63) is 29.8 Å². The first-order valence-electron chi connectivity index (χ1n) is 7.98. The average molecular weight is 337 g/mol. The number of carbonyl (C=O) groups excluding carboxylic acids is 1. The van der Waals surface area contributed by atoms with Crippen LogP contribution in [-0.4, -0.2) is 33.3 Å². The number of nitrogens with zero attached hydrogens (tertiary/aromatic N) is 1. The first-order chi connectivity index (χ1) is 11.0. The summed E-state index contributed by atoms with van der Waals surface area (Å²) < 4.78 is 26.3. The second-order valence-electron chi connectivity index (χ2n) is 5.49. The van der Waals surface area contributed by atoms with Crippen LogP contribution in [0.2, 0.25) is 0 Å². The maximum atomic E-state index is 11.9. The number of aliphatic imine (C=N–C) groups is 1. The Bertz CT molecular complexity index is 684. The number of hydrogen-bond donors (Lipinski definition) is 2. The van der Waals surface area contributed by atoms with Crippen molar-refractivity contribution in [2.75, 3.05) is 13.1 Å². The van der Waals surface area contributed by atoms with Crippen LogP contribution < -0.4 is 10.0 Å². The van der Waals surface area contributed by atoms with Gasteiger partial charge in [0.1, 0.15) is 5.84 Å².